The molecule has 2 aromatic rings. The van der Waals surface area contributed by atoms with Crippen LogP contribution in [0.25, 0.3) is 0 Å². The van der Waals surface area contributed by atoms with Gasteiger partial charge in [0.1, 0.15) is 0 Å². The van der Waals surface area contributed by atoms with Crippen LogP contribution in [-0.2, 0) is 6.54 Å². The fourth-order valence-electron chi connectivity index (χ4n) is 2.11. The summed E-state index contributed by atoms with van der Waals surface area (Å²) >= 11 is 1.64. The highest BCUT2D eigenvalue weighted by Gasteiger charge is 2.11. The van der Waals surface area contributed by atoms with E-state index in [1.807, 2.05) is 12.3 Å². The van der Waals surface area contributed by atoms with Crippen LogP contribution in [0.3, 0.4) is 0 Å². The molecule has 0 radical (unpaired) electrons. The van der Waals surface area contributed by atoms with Crippen molar-refractivity contribution in [1.82, 2.24) is 15.6 Å². The Bertz CT molecular complexity index is 712. The van der Waals surface area contributed by atoms with Crippen molar-refractivity contribution >= 4 is 17.3 Å². The van der Waals surface area contributed by atoms with Crippen LogP contribution in [0.15, 0.2) is 28.6 Å². The Morgan fingerprint density at radius 3 is 2.58 bits per heavy atom. The molecule has 0 saturated carbocycles. The van der Waals surface area contributed by atoms with E-state index in [9.17, 15) is 8.78 Å². The molecule has 24 heavy (non-hydrogen) atoms. The first-order valence-electron chi connectivity index (χ1n) is 7.77. The van der Waals surface area contributed by atoms with Crippen molar-refractivity contribution in [2.75, 3.05) is 7.05 Å². The van der Waals surface area contributed by atoms with Crippen LogP contribution >= 0.6 is 11.3 Å². The van der Waals surface area contributed by atoms with Gasteiger partial charge in [0.05, 0.1) is 23.3 Å². The fourth-order valence-corrected chi connectivity index (χ4v) is 2.94. The van der Waals surface area contributed by atoms with Crippen molar-refractivity contribution in [3.63, 3.8) is 0 Å². The Balaban J connectivity index is 1.94. The molecule has 130 valence electrons. The Hall–Kier alpha value is -2.02. The lowest BCUT2D eigenvalue weighted by molar-refractivity contribution is 0.504. The lowest BCUT2D eigenvalue weighted by Crippen LogP contribution is -2.38. The summed E-state index contributed by atoms with van der Waals surface area (Å²) in [6.45, 7) is 6.63. The quantitative estimate of drug-likeness (QED) is 0.632. The average Bonchev–Trinajstić information content (AvgIpc) is 3.03. The highest BCUT2D eigenvalue weighted by atomic mass is 32.1. The average molecular weight is 352 g/mol. The minimum Gasteiger partial charge on any atom is -0.351 e. The first kappa shape index (κ1) is 18.3. The number of aliphatic imine (C=N–C) groups is 1. The monoisotopic (exact) mass is 352 g/mol. The molecular weight excluding hydrogens is 330 g/mol. The summed E-state index contributed by atoms with van der Waals surface area (Å²) in [5.41, 5.74) is 1.60. The molecule has 4 nitrogen and oxygen atoms in total. The van der Waals surface area contributed by atoms with Gasteiger partial charge < -0.3 is 10.6 Å². The minimum absolute atomic E-state index is 0.215. The summed E-state index contributed by atoms with van der Waals surface area (Å²) in [6, 6.07) is 3.66. The van der Waals surface area contributed by atoms with Gasteiger partial charge in [-0.25, -0.2) is 13.8 Å². The Morgan fingerprint density at radius 1 is 1.25 bits per heavy atom. The number of nitrogens with one attached hydrogen (secondary N) is 2. The molecule has 1 aromatic heterocycles. The molecule has 0 aliphatic heterocycles. The topological polar surface area (TPSA) is 49.3 Å². The predicted octanol–water partition coefficient (Wildman–Crippen LogP) is 3.97. The van der Waals surface area contributed by atoms with E-state index in [2.05, 4.69) is 34.5 Å². The number of rotatable bonds is 5. The van der Waals surface area contributed by atoms with Crippen LogP contribution < -0.4 is 10.6 Å². The molecule has 1 atom stereocenters. The normalized spacial score (nSPS) is 13.2. The molecule has 0 aliphatic rings. The molecule has 1 heterocycles. The van der Waals surface area contributed by atoms with Crippen molar-refractivity contribution in [2.24, 2.45) is 4.99 Å². The van der Waals surface area contributed by atoms with Gasteiger partial charge in [-0.05, 0) is 24.6 Å². The SMILES string of the molecule is CN=C(NCc1csc(C(C)C)n1)NC(C)c1ccc(F)c(F)c1. The van der Waals surface area contributed by atoms with Crippen LogP contribution in [0.5, 0.6) is 0 Å². The first-order chi connectivity index (χ1) is 11.4. The Kier molecular flexibility index (Phi) is 6.25. The van der Waals surface area contributed by atoms with Crippen LogP contribution in [0.2, 0.25) is 0 Å². The standard InChI is InChI=1S/C17H22F2N4S/c1-10(2)16-23-13(9-24-16)8-21-17(20-4)22-11(3)12-5-6-14(18)15(19)7-12/h5-7,9-11H,8H2,1-4H3,(H2,20,21,22). The number of thiazole rings is 1. The largest absolute Gasteiger partial charge is 0.351 e. The lowest BCUT2D eigenvalue weighted by Gasteiger charge is -2.18. The Labute approximate surface area is 145 Å². The zero-order chi connectivity index (χ0) is 17.7. The number of benzene rings is 1. The van der Waals surface area contributed by atoms with Gasteiger partial charge in [-0.2, -0.15) is 0 Å². The molecule has 2 N–H and O–H groups in total. The van der Waals surface area contributed by atoms with E-state index in [4.69, 9.17) is 0 Å². The highest BCUT2D eigenvalue weighted by molar-refractivity contribution is 7.09. The fraction of sp³-hybridized carbons (Fsp3) is 0.412. The van der Waals surface area contributed by atoms with E-state index >= 15 is 0 Å². The summed E-state index contributed by atoms with van der Waals surface area (Å²) in [7, 11) is 1.66. The van der Waals surface area contributed by atoms with Gasteiger partial charge in [0, 0.05) is 18.3 Å². The third-order valence-electron chi connectivity index (χ3n) is 3.52. The van der Waals surface area contributed by atoms with E-state index in [0.29, 0.717) is 24.0 Å². The molecule has 1 unspecified atom stereocenters. The number of halogens is 2. The maximum Gasteiger partial charge on any atom is 0.191 e. The number of hydrogen-bond donors (Lipinski definition) is 2. The smallest absolute Gasteiger partial charge is 0.191 e. The van der Waals surface area contributed by atoms with Crippen LogP contribution in [-0.4, -0.2) is 18.0 Å². The van der Waals surface area contributed by atoms with E-state index in [-0.39, 0.29) is 6.04 Å². The van der Waals surface area contributed by atoms with E-state index in [1.54, 1.807) is 24.5 Å². The maximum atomic E-state index is 13.3. The van der Waals surface area contributed by atoms with Crippen LogP contribution in [0, 0.1) is 11.6 Å². The van der Waals surface area contributed by atoms with Crippen LogP contribution in [0.4, 0.5) is 8.78 Å². The zero-order valence-corrected chi connectivity index (χ0v) is 15.0. The van der Waals surface area contributed by atoms with E-state index in [1.165, 1.54) is 6.07 Å². The minimum atomic E-state index is -0.854. The van der Waals surface area contributed by atoms with Crippen molar-refractivity contribution in [3.05, 3.63) is 51.5 Å². The first-order valence-corrected chi connectivity index (χ1v) is 8.65. The van der Waals surface area contributed by atoms with Crippen molar-refractivity contribution in [2.45, 2.75) is 39.3 Å². The van der Waals surface area contributed by atoms with Crippen molar-refractivity contribution in [3.8, 4) is 0 Å². The van der Waals surface area contributed by atoms with Gasteiger partial charge in [-0.3, -0.25) is 4.99 Å². The highest BCUT2D eigenvalue weighted by Crippen LogP contribution is 2.19. The molecule has 0 fully saturated rings. The molecule has 7 heteroatoms. The zero-order valence-electron chi connectivity index (χ0n) is 14.2. The summed E-state index contributed by atoms with van der Waals surface area (Å²) < 4.78 is 26.4. The van der Waals surface area contributed by atoms with Gasteiger partial charge in [-0.15, -0.1) is 11.3 Å². The van der Waals surface area contributed by atoms with E-state index in [0.717, 1.165) is 16.8 Å². The third kappa shape index (κ3) is 4.74. The summed E-state index contributed by atoms with van der Waals surface area (Å²) in [4.78, 5) is 8.71. The number of guanidine groups is 1. The summed E-state index contributed by atoms with van der Waals surface area (Å²) in [6.07, 6.45) is 0. The van der Waals surface area contributed by atoms with Gasteiger partial charge in [-0.1, -0.05) is 19.9 Å². The lowest BCUT2D eigenvalue weighted by atomic mass is 10.1. The Morgan fingerprint density at radius 2 is 2.00 bits per heavy atom. The maximum absolute atomic E-state index is 13.3. The van der Waals surface area contributed by atoms with Gasteiger partial charge in [0.2, 0.25) is 0 Å². The molecule has 0 aliphatic carbocycles. The van der Waals surface area contributed by atoms with Gasteiger partial charge in [0.15, 0.2) is 17.6 Å². The predicted molar refractivity (Wildman–Crippen MR) is 94.3 cm³/mol. The summed E-state index contributed by atoms with van der Waals surface area (Å²) in [5, 5.41) is 9.46. The van der Waals surface area contributed by atoms with E-state index < -0.39 is 11.6 Å². The molecule has 0 spiro atoms. The molecular formula is C17H22F2N4S. The molecule has 0 bridgehead atoms. The van der Waals surface area contributed by atoms with Gasteiger partial charge >= 0.3 is 0 Å². The van der Waals surface area contributed by atoms with Crippen molar-refractivity contribution in [1.29, 1.82) is 0 Å². The van der Waals surface area contributed by atoms with Crippen molar-refractivity contribution < 1.29 is 8.78 Å². The number of nitrogens with zero attached hydrogens (tertiary/aromatic N) is 2. The van der Waals surface area contributed by atoms with Gasteiger partial charge in [0.25, 0.3) is 0 Å². The molecule has 0 saturated heterocycles. The third-order valence-corrected chi connectivity index (χ3v) is 4.71. The number of hydrogen-bond acceptors (Lipinski definition) is 3. The second-order valence-corrected chi connectivity index (χ2v) is 6.69. The molecule has 1 aromatic carbocycles. The second-order valence-electron chi connectivity index (χ2n) is 5.80. The van der Waals surface area contributed by atoms with Crippen LogP contribution in [0.1, 0.15) is 49.0 Å². The molecule has 0 amide bonds. The molecule has 2 rings (SSSR count). The second kappa shape index (κ2) is 8.19. The summed E-state index contributed by atoms with van der Waals surface area (Å²) in [5.74, 6) is -0.716. The number of aromatic nitrogens is 1.